The van der Waals surface area contributed by atoms with Crippen molar-refractivity contribution in [1.82, 2.24) is 5.32 Å². The SMILES string of the molecule is COc1cc(C(=O)NC(C)(C)C(C(C)=O)C(C)=O)cc(OC)c1OC. The number of amides is 1. The Labute approximate surface area is 147 Å². The molecule has 7 heteroatoms. The van der Waals surface area contributed by atoms with E-state index in [0.29, 0.717) is 17.2 Å². The highest BCUT2D eigenvalue weighted by Gasteiger charge is 2.38. The van der Waals surface area contributed by atoms with E-state index in [-0.39, 0.29) is 17.1 Å². The summed E-state index contributed by atoms with van der Waals surface area (Å²) < 4.78 is 15.7. The van der Waals surface area contributed by atoms with Crippen LogP contribution in [0, 0.1) is 5.92 Å². The lowest BCUT2D eigenvalue weighted by Gasteiger charge is -2.32. The first kappa shape index (κ1) is 20.5. The molecule has 1 amide bonds. The van der Waals surface area contributed by atoms with Gasteiger partial charge in [0.15, 0.2) is 11.5 Å². The number of carbonyl (C=O) groups excluding carboxylic acids is 3. The van der Waals surface area contributed by atoms with E-state index in [0.717, 1.165) is 0 Å². The van der Waals surface area contributed by atoms with Gasteiger partial charge in [0.25, 0.3) is 5.91 Å². The van der Waals surface area contributed by atoms with Crippen molar-refractivity contribution in [3.05, 3.63) is 17.7 Å². The van der Waals surface area contributed by atoms with E-state index < -0.39 is 17.4 Å². The Morgan fingerprint density at radius 1 is 0.920 bits per heavy atom. The van der Waals surface area contributed by atoms with Gasteiger partial charge in [-0.1, -0.05) is 0 Å². The molecular weight excluding hydrogens is 326 g/mol. The minimum atomic E-state index is -1.05. The summed E-state index contributed by atoms with van der Waals surface area (Å²) in [6.07, 6.45) is 0. The van der Waals surface area contributed by atoms with Crippen molar-refractivity contribution in [3.8, 4) is 17.2 Å². The molecule has 0 atom stereocenters. The van der Waals surface area contributed by atoms with Crippen molar-refractivity contribution >= 4 is 17.5 Å². The van der Waals surface area contributed by atoms with Gasteiger partial charge in [-0.15, -0.1) is 0 Å². The largest absolute Gasteiger partial charge is 0.493 e. The Morgan fingerprint density at radius 2 is 1.36 bits per heavy atom. The molecule has 138 valence electrons. The third-order valence-corrected chi connectivity index (χ3v) is 3.90. The summed E-state index contributed by atoms with van der Waals surface area (Å²) in [5.74, 6) is -0.967. The van der Waals surface area contributed by atoms with Gasteiger partial charge in [-0.05, 0) is 39.8 Å². The van der Waals surface area contributed by atoms with E-state index >= 15 is 0 Å². The fourth-order valence-electron chi connectivity index (χ4n) is 2.95. The zero-order valence-corrected chi connectivity index (χ0v) is 15.7. The summed E-state index contributed by atoms with van der Waals surface area (Å²) in [6.45, 7) is 5.94. The van der Waals surface area contributed by atoms with Gasteiger partial charge in [0, 0.05) is 5.56 Å². The van der Waals surface area contributed by atoms with E-state index in [1.165, 1.54) is 47.3 Å². The number of hydrogen-bond acceptors (Lipinski definition) is 6. The summed E-state index contributed by atoms with van der Waals surface area (Å²) in [5, 5.41) is 2.74. The summed E-state index contributed by atoms with van der Waals surface area (Å²) in [7, 11) is 4.36. The lowest BCUT2D eigenvalue weighted by molar-refractivity contribution is -0.133. The Bertz CT molecular complexity index is 641. The van der Waals surface area contributed by atoms with Crippen LogP contribution in [-0.4, -0.2) is 44.3 Å². The van der Waals surface area contributed by atoms with Gasteiger partial charge in [0.1, 0.15) is 11.6 Å². The molecule has 0 saturated heterocycles. The van der Waals surface area contributed by atoms with Crippen LogP contribution in [0.4, 0.5) is 0 Å². The second-order valence-electron chi connectivity index (χ2n) is 6.24. The van der Waals surface area contributed by atoms with Crippen molar-refractivity contribution in [1.29, 1.82) is 0 Å². The number of ether oxygens (including phenoxy) is 3. The molecule has 0 aliphatic carbocycles. The number of hydrogen-bond donors (Lipinski definition) is 1. The molecule has 1 aromatic rings. The average Bonchev–Trinajstić information content (AvgIpc) is 2.51. The lowest BCUT2D eigenvalue weighted by Crippen LogP contribution is -2.53. The maximum atomic E-state index is 12.7. The molecular formula is C18H25NO6. The van der Waals surface area contributed by atoms with E-state index in [4.69, 9.17) is 14.2 Å². The van der Waals surface area contributed by atoms with E-state index in [1.807, 2.05) is 0 Å². The highest BCUT2D eigenvalue weighted by Crippen LogP contribution is 2.38. The van der Waals surface area contributed by atoms with Gasteiger partial charge in [0.2, 0.25) is 5.75 Å². The molecule has 1 rings (SSSR count). The van der Waals surface area contributed by atoms with Gasteiger partial charge >= 0.3 is 0 Å². The Hall–Kier alpha value is -2.57. The van der Waals surface area contributed by atoms with Crippen molar-refractivity contribution in [2.75, 3.05) is 21.3 Å². The van der Waals surface area contributed by atoms with Crippen LogP contribution in [0.3, 0.4) is 0 Å². The highest BCUT2D eigenvalue weighted by molar-refractivity contribution is 6.03. The molecule has 1 aromatic carbocycles. The molecule has 0 aliphatic rings. The first-order valence-electron chi connectivity index (χ1n) is 7.72. The van der Waals surface area contributed by atoms with Crippen LogP contribution in [0.2, 0.25) is 0 Å². The molecule has 0 heterocycles. The molecule has 0 saturated carbocycles. The van der Waals surface area contributed by atoms with Crippen LogP contribution in [0.15, 0.2) is 12.1 Å². The maximum absolute atomic E-state index is 12.7. The van der Waals surface area contributed by atoms with Gasteiger partial charge in [-0.3, -0.25) is 14.4 Å². The summed E-state index contributed by atoms with van der Waals surface area (Å²) in [6, 6.07) is 3.01. The zero-order chi connectivity index (χ0) is 19.4. The fraction of sp³-hybridized carbons (Fsp3) is 0.500. The standard InChI is InChI=1S/C18H25NO6/c1-10(20)15(11(2)21)18(3,4)19-17(22)12-8-13(23-5)16(25-7)14(9-12)24-6/h8-9,15H,1-7H3,(H,19,22). The average molecular weight is 351 g/mol. The molecule has 25 heavy (non-hydrogen) atoms. The van der Waals surface area contributed by atoms with Crippen LogP contribution in [0.5, 0.6) is 17.2 Å². The molecule has 0 fully saturated rings. The zero-order valence-electron chi connectivity index (χ0n) is 15.7. The molecule has 0 spiro atoms. The third kappa shape index (κ3) is 4.49. The first-order valence-corrected chi connectivity index (χ1v) is 7.72. The summed E-state index contributed by atoms with van der Waals surface area (Å²) >= 11 is 0. The first-order chi connectivity index (χ1) is 11.6. The van der Waals surface area contributed by atoms with Crippen LogP contribution < -0.4 is 19.5 Å². The molecule has 0 radical (unpaired) electrons. The third-order valence-electron chi connectivity index (χ3n) is 3.90. The second kappa shape index (κ2) is 8.00. The number of ketones is 2. The summed E-state index contributed by atoms with van der Waals surface area (Å²) in [5.41, 5.74) is -0.789. The predicted octanol–water partition coefficient (Wildman–Crippen LogP) is 2.02. The normalized spacial score (nSPS) is 11.0. The lowest BCUT2D eigenvalue weighted by atomic mass is 9.81. The number of methoxy groups -OCH3 is 3. The van der Waals surface area contributed by atoms with E-state index in [9.17, 15) is 14.4 Å². The van der Waals surface area contributed by atoms with Crippen LogP contribution in [0.1, 0.15) is 38.1 Å². The number of rotatable bonds is 8. The second-order valence-corrected chi connectivity index (χ2v) is 6.24. The Morgan fingerprint density at radius 3 is 1.68 bits per heavy atom. The molecule has 7 nitrogen and oxygen atoms in total. The van der Waals surface area contributed by atoms with Gasteiger partial charge < -0.3 is 19.5 Å². The number of nitrogens with one attached hydrogen (secondary N) is 1. The number of carbonyl (C=O) groups is 3. The summed E-state index contributed by atoms with van der Waals surface area (Å²) in [4.78, 5) is 36.3. The molecule has 0 aromatic heterocycles. The Balaban J connectivity index is 3.23. The molecule has 0 aliphatic heterocycles. The fourth-order valence-corrected chi connectivity index (χ4v) is 2.95. The van der Waals surface area contributed by atoms with Crippen molar-refractivity contribution in [2.45, 2.75) is 33.2 Å². The monoisotopic (exact) mass is 351 g/mol. The van der Waals surface area contributed by atoms with Crippen molar-refractivity contribution in [3.63, 3.8) is 0 Å². The topological polar surface area (TPSA) is 90.9 Å². The van der Waals surface area contributed by atoms with E-state index in [1.54, 1.807) is 13.8 Å². The Kier molecular flexibility index (Phi) is 6.55. The minimum Gasteiger partial charge on any atom is -0.493 e. The van der Waals surface area contributed by atoms with Crippen LogP contribution >= 0.6 is 0 Å². The predicted molar refractivity (Wildman–Crippen MR) is 92.5 cm³/mol. The van der Waals surface area contributed by atoms with Crippen LogP contribution in [-0.2, 0) is 9.59 Å². The smallest absolute Gasteiger partial charge is 0.252 e. The van der Waals surface area contributed by atoms with Gasteiger partial charge in [-0.25, -0.2) is 0 Å². The molecule has 1 N–H and O–H groups in total. The van der Waals surface area contributed by atoms with Gasteiger partial charge in [-0.2, -0.15) is 0 Å². The molecule has 0 unspecified atom stereocenters. The maximum Gasteiger partial charge on any atom is 0.252 e. The number of benzene rings is 1. The van der Waals surface area contributed by atoms with Crippen molar-refractivity contribution in [2.24, 2.45) is 5.92 Å². The minimum absolute atomic E-state index is 0.258. The molecule has 0 bridgehead atoms. The van der Waals surface area contributed by atoms with E-state index in [2.05, 4.69) is 5.32 Å². The van der Waals surface area contributed by atoms with Crippen LogP contribution in [0.25, 0.3) is 0 Å². The highest BCUT2D eigenvalue weighted by atomic mass is 16.5. The number of Topliss-reactive ketones (excluding diaryl/α,β-unsaturated/α-hetero) is 2. The van der Waals surface area contributed by atoms with Crippen molar-refractivity contribution < 1.29 is 28.6 Å². The quantitative estimate of drug-likeness (QED) is 0.721. The van der Waals surface area contributed by atoms with Gasteiger partial charge in [0.05, 0.1) is 32.8 Å².